The minimum Gasteiger partial charge on any atom is -0.406 e. The van der Waals surface area contributed by atoms with Crippen LogP contribution in [-0.4, -0.2) is 43.9 Å². The van der Waals surface area contributed by atoms with Crippen LogP contribution in [0.5, 0.6) is 5.75 Å². The third kappa shape index (κ3) is 6.69. The number of ether oxygens (including phenoxy) is 1. The number of halogens is 3. The summed E-state index contributed by atoms with van der Waals surface area (Å²) >= 11 is 1.56. The molecule has 1 fully saturated rings. The Balaban J connectivity index is 1.30. The number of aliphatic hydroxyl groups is 1. The lowest BCUT2D eigenvalue weighted by Gasteiger charge is -2.34. The summed E-state index contributed by atoms with van der Waals surface area (Å²) in [5.74, 6) is 0.985. The number of benzene rings is 3. The average molecular weight is 594 g/mol. The Labute approximate surface area is 246 Å². The van der Waals surface area contributed by atoms with Gasteiger partial charge in [-0.3, -0.25) is 4.99 Å². The number of alkyl halides is 3. The van der Waals surface area contributed by atoms with E-state index in [9.17, 15) is 18.3 Å². The lowest BCUT2D eigenvalue weighted by atomic mass is 9.97. The van der Waals surface area contributed by atoms with Gasteiger partial charge >= 0.3 is 6.36 Å². The molecule has 218 valence electrons. The van der Waals surface area contributed by atoms with E-state index in [-0.39, 0.29) is 5.75 Å². The van der Waals surface area contributed by atoms with Crippen LogP contribution in [0.25, 0.3) is 17.1 Å². The summed E-state index contributed by atoms with van der Waals surface area (Å²) in [7, 11) is 0. The van der Waals surface area contributed by atoms with Gasteiger partial charge in [0, 0.05) is 23.2 Å². The molecule has 1 saturated heterocycles. The lowest BCUT2D eigenvalue weighted by Crippen LogP contribution is -2.42. The summed E-state index contributed by atoms with van der Waals surface area (Å²) in [4.78, 5) is 10.8. The highest BCUT2D eigenvalue weighted by molar-refractivity contribution is 8.03. The fourth-order valence-corrected chi connectivity index (χ4v) is 5.73. The highest BCUT2D eigenvalue weighted by Crippen LogP contribution is 2.44. The van der Waals surface area contributed by atoms with Gasteiger partial charge in [0.1, 0.15) is 17.8 Å². The summed E-state index contributed by atoms with van der Waals surface area (Å²) < 4.78 is 42.6. The summed E-state index contributed by atoms with van der Waals surface area (Å²) in [5, 5.41) is 16.5. The molecular formula is C31H30F3N5O2S. The predicted octanol–water partition coefficient (Wildman–Crippen LogP) is 7.44. The summed E-state index contributed by atoms with van der Waals surface area (Å²) in [6.07, 6.45) is 0.274. The van der Waals surface area contributed by atoms with Gasteiger partial charge in [0.15, 0.2) is 5.82 Å². The van der Waals surface area contributed by atoms with E-state index in [1.54, 1.807) is 24.2 Å². The zero-order valence-electron chi connectivity index (χ0n) is 23.5. The molecule has 1 aliphatic heterocycles. The van der Waals surface area contributed by atoms with Crippen molar-refractivity contribution in [3.8, 4) is 22.8 Å². The SMILES string of the molecule is Cc1ccc(N2/C(=C/N=Cc3ccc(-c4ncn(-c5ccc(OC(F)(F)F)cc5)n4)cc3)SCC2(C)O)c(C(C)C)c1. The molecule has 1 atom stereocenters. The molecule has 1 unspecified atom stereocenters. The van der Waals surface area contributed by atoms with E-state index in [2.05, 4.69) is 58.8 Å². The van der Waals surface area contributed by atoms with Gasteiger partial charge in [-0.2, -0.15) is 0 Å². The second kappa shape index (κ2) is 11.7. The predicted molar refractivity (Wildman–Crippen MR) is 160 cm³/mol. The number of anilines is 1. The maximum absolute atomic E-state index is 12.4. The van der Waals surface area contributed by atoms with Crippen LogP contribution >= 0.6 is 11.8 Å². The van der Waals surface area contributed by atoms with Crippen molar-refractivity contribution in [3.63, 3.8) is 0 Å². The van der Waals surface area contributed by atoms with Gasteiger partial charge in [0.2, 0.25) is 0 Å². The second-order valence-electron chi connectivity index (χ2n) is 10.5. The molecule has 0 amide bonds. The van der Waals surface area contributed by atoms with Gasteiger partial charge in [0.25, 0.3) is 0 Å². The Morgan fingerprint density at radius 2 is 1.79 bits per heavy atom. The molecule has 11 heteroatoms. The number of hydrogen-bond donors (Lipinski definition) is 1. The van der Waals surface area contributed by atoms with Crippen molar-refractivity contribution in [1.82, 2.24) is 14.8 Å². The standard InChI is InChI=1S/C31H30F3N5O2S/c1-20(2)26-15-21(3)5-14-27(26)39-28(42-18-30(39,4)40)17-35-16-22-6-8-23(9-7-22)29-36-19-38(37-29)24-10-12-25(13-11-24)41-31(32,33)34/h5-17,19-20,40H,18H2,1-4H3/b28-17-,35-16?. The number of aromatic nitrogens is 3. The van der Waals surface area contributed by atoms with Crippen molar-refractivity contribution >= 4 is 23.7 Å². The van der Waals surface area contributed by atoms with Gasteiger partial charge in [-0.25, -0.2) is 9.67 Å². The number of thioether (sulfide) groups is 1. The molecule has 0 radical (unpaired) electrons. The van der Waals surface area contributed by atoms with Crippen molar-refractivity contribution in [2.24, 2.45) is 4.99 Å². The van der Waals surface area contributed by atoms with Crippen LogP contribution in [0.3, 0.4) is 0 Å². The number of aliphatic imine (C=N–C) groups is 1. The first kappa shape index (κ1) is 29.4. The number of aryl methyl sites for hydroxylation is 1. The van der Waals surface area contributed by atoms with E-state index >= 15 is 0 Å². The zero-order valence-corrected chi connectivity index (χ0v) is 24.3. The van der Waals surface area contributed by atoms with Crippen LogP contribution in [0, 0.1) is 6.92 Å². The fourth-order valence-electron chi connectivity index (χ4n) is 4.62. The fraction of sp³-hybridized carbons (Fsp3) is 0.258. The lowest BCUT2D eigenvalue weighted by molar-refractivity contribution is -0.274. The maximum atomic E-state index is 12.4. The van der Waals surface area contributed by atoms with Crippen LogP contribution < -0.4 is 9.64 Å². The first-order valence-electron chi connectivity index (χ1n) is 13.3. The van der Waals surface area contributed by atoms with Crippen molar-refractivity contribution in [3.05, 3.63) is 101 Å². The molecule has 5 rings (SSSR count). The highest BCUT2D eigenvalue weighted by Gasteiger charge is 2.40. The molecule has 0 spiro atoms. The topological polar surface area (TPSA) is 75.8 Å². The van der Waals surface area contributed by atoms with Gasteiger partial charge in [-0.05, 0) is 61.2 Å². The molecule has 1 aliphatic rings. The molecule has 7 nitrogen and oxygen atoms in total. The Kier molecular flexibility index (Phi) is 8.16. The molecule has 1 aromatic heterocycles. The molecule has 0 aliphatic carbocycles. The molecular weight excluding hydrogens is 563 g/mol. The van der Waals surface area contributed by atoms with E-state index in [1.165, 1.54) is 46.4 Å². The Hall–Kier alpha value is -4.09. The van der Waals surface area contributed by atoms with E-state index < -0.39 is 12.1 Å². The number of nitrogens with zero attached hydrogens (tertiary/aromatic N) is 5. The Morgan fingerprint density at radius 3 is 2.45 bits per heavy atom. The monoisotopic (exact) mass is 593 g/mol. The Bertz CT molecular complexity index is 1610. The molecule has 4 aromatic rings. The van der Waals surface area contributed by atoms with Crippen LogP contribution in [0.15, 0.2) is 89.3 Å². The normalized spacial score (nSPS) is 18.5. The van der Waals surface area contributed by atoms with Crippen LogP contribution in [0.4, 0.5) is 18.9 Å². The smallest absolute Gasteiger partial charge is 0.406 e. The van der Waals surface area contributed by atoms with E-state index in [0.29, 0.717) is 23.2 Å². The third-order valence-corrected chi connectivity index (χ3v) is 7.92. The van der Waals surface area contributed by atoms with Gasteiger partial charge in [-0.15, -0.1) is 30.0 Å². The highest BCUT2D eigenvalue weighted by atomic mass is 32.2. The van der Waals surface area contributed by atoms with Gasteiger partial charge in [0.05, 0.1) is 16.9 Å². The average Bonchev–Trinajstić information content (AvgIpc) is 3.53. The minimum atomic E-state index is -4.74. The number of hydrogen-bond acceptors (Lipinski definition) is 7. The van der Waals surface area contributed by atoms with Crippen molar-refractivity contribution in [2.75, 3.05) is 10.7 Å². The van der Waals surface area contributed by atoms with E-state index in [0.717, 1.165) is 21.8 Å². The van der Waals surface area contributed by atoms with Crippen molar-refractivity contribution in [2.45, 2.75) is 45.7 Å². The molecule has 2 heterocycles. The Morgan fingerprint density at radius 1 is 1.07 bits per heavy atom. The van der Waals surface area contributed by atoms with Crippen LogP contribution in [-0.2, 0) is 0 Å². The van der Waals surface area contributed by atoms with Crippen LogP contribution in [0.1, 0.15) is 43.4 Å². The summed E-state index contributed by atoms with van der Waals surface area (Å²) in [5.41, 5.74) is 4.48. The first-order valence-corrected chi connectivity index (χ1v) is 14.3. The molecule has 1 N–H and O–H groups in total. The molecule has 0 bridgehead atoms. The van der Waals surface area contributed by atoms with Crippen molar-refractivity contribution < 1.29 is 23.0 Å². The van der Waals surface area contributed by atoms with Crippen molar-refractivity contribution in [1.29, 1.82) is 0 Å². The van der Waals surface area contributed by atoms with E-state index in [4.69, 9.17) is 0 Å². The number of rotatable bonds is 7. The second-order valence-corrected chi connectivity index (χ2v) is 11.5. The van der Waals surface area contributed by atoms with Crippen LogP contribution in [0.2, 0.25) is 0 Å². The summed E-state index contributed by atoms with van der Waals surface area (Å²) in [6.45, 7) is 8.19. The van der Waals surface area contributed by atoms with E-state index in [1.807, 2.05) is 36.1 Å². The van der Waals surface area contributed by atoms with Gasteiger partial charge in [-0.1, -0.05) is 55.8 Å². The minimum absolute atomic E-state index is 0.295. The molecule has 3 aromatic carbocycles. The molecule has 42 heavy (non-hydrogen) atoms. The largest absolute Gasteiger partial charge is 0.573 e. The first-order chi connectivity index (χ1) is 19.9. The maximum Gasteiger partial charge on any atom is 0.573 e. The molecule has 0 saturated carbocycles. The summed E-state index contributed by atoms with van der Waals surface area (Å²) in [6, 6.07) is 19.2. The quantitative estimate of drug-likeness (QED) is 0.225. The third-order valence-electron chi connectivity index (χ3n) is 6.65. The van der Waals surface area contributed by atoms with Gasteiger partial charge < -0.3 is 14.7 Å². The zero-order chi connectivity index (χ0) is 30.1.